The largest absolute Gasteiger partial charge is 0.494 e. The molecule has 0 fully saturated rings. The van der Waals surface area contributed by atoms with Crippen molar-refractivity contribution in [1.82, 2.24) is 14.9 Å². The fraction of sp³-hybridized carbons (Fsp3) is 0.467. The van der Waals surface area contributed by atoms with E-state index in [0.717, 1.165) is 24.4 Å². The zero-order chi connectivity index (χ0) is 14.4. The summed E-state index contributed by atoms with van der Waals surface area (Å²) in [6.45, 7) is 7.82. The number of hydrogen-bond acceptors (Lipinski definition) is 5. The molecule has 0 saturated carbocycles. The molecule has 1 unspecified atom stereocenters. The van der Waals surface area contributed by atoms with Gasteiger partial charge in [0.25, 0.3) is 0 Å². The molecular weight excluding hydrogens is 270 g/mol. The number of hydrogen-bond donors (Lipinski definition) is 1. The molecule has 1 N–H and O–H groups in total. The van der Waals surface area contributed by atoms with Gasteiger partial charge in [-0.1, -0.05) is 23.5 Å². The van der Waals surface area contributed by atoms with Crippen LogP contribution >= 0.6 is 11.5 Å². The molecule has 0 aliphatic rings. The molecule has 1 aromatic carbocycles. The second kappa shape index (κ2) is 7.36. The van der Waals surface area contributed by atoms with Crippen LogP contribution in [0.3, 0.4) is 0 Å². The Balaban J connectivity index is 2.24. The summed E-state index contributed by atoms with van der Waals surface area (Å²) in [5, 5.41) is 7.69. The van der Waals surface area contributed by atoms with Crippen LogP contribution < -0.4 is 10.1 Å². The molecule has 0 bridgehead atoms. The molecule has 20 heavy (non-hydrogen) atoms. The van der Waals surface area contributed by atoms with Gasteiger partial charge in [-0.3, -0.25) is 0 Å². The molecule has 2 aromatic rings. The third kappa shape index (κ3) is 3.55. The lowest BCUT2D eigenvalue weighted by molar-refractivity contribution is 0.340. The summed E-state index contributed by atoms with van der Waals surface area (Å²) >= 11 is 1.46. The standard InChI is InChI=1S/C15H21N3OS/c1-4-10-16-14(15-11(3)17-18-20-15)12-6-8-13(9-7-12)19-5-2/h6-9,14,16H,4-5,10H2,1-3H3. The molecule has 0 radical (unpaired) electrons. The van der Waals surface area contributed by atoms with Gasteiger partial charge in [0.1, 0.15) is 5.75 Å². The summed E-state index contributed by atoms with van der Waals surface area (Å²) in [4.78, 5) is 1.18. The Bertz CT molecular complexity index is 524. The van der Waals surface area contributed by atoms with Gasteiger partial charge < -0.3 is 10.1 Å². The van der Waals surface area contributed by atoms with Gasteiger partial charge in [0, 0.05) is 0 Å². The second-order valence-electron chi connectivity index (χ2n) is 4.61. The van der Waals surface area contributed by atoms with Gasteiger partial charge in [-0.05, 0) is 56.0 Å². The molecule has 0 aliphatic carbocycles. The molecule has 2 rings (SSSR count). The smallest absolute Gasteiger partial charge is 0.119 e. The number of rotatable bonds is 7. The Morgan fingerprint density at radius 2 is 2.00 bits per heavy atom. The van der Waals surface area contributed by atoms with Crippen molar-refractivity contribution in [2.75, 3.05) is 13.2 Å². The fourth-order valence-electron chi connectivity index (χ4n) is 2.08. The Labute approximate surface area is 124 Å². The summed E-state index contributed by atoms with van der Waals surface area (Å²) in [6.07, 6.45) is 1.10. The predicted octanol–water partition coefficient (Wildman–Crippen LogP) is 3.33. The Morgan fingerprint density at radius 1 is 1.25 bits per heavy atom. The van der Waals surface area contributed by atoms with E-state index in [1.54, 1.807) is 0 Å². The van der Waals surface area contributed by atoms with E-state index in [1.165, 1.54) is 22.0 Å². The summed E-state index contributed by atoms with van der Waals surface area (Å²) in [6, 6.07) is 8.41. The van der Waals surface area contributed by atoms with Crippen molar-refractivity contribution in [3.63, 3.8) is 0 Å². The molecule has 0 spiro atoms. The highest BCUT2D eigenvalue weighted by molar-refractivity contribution is 7.05. The van der Waals surface area contributed by atoms with Crippen molar-refractivity contribution in [3.05, 3.63) is 40.4 Å². The maximum Gasteiger partial charge on any atom is 0.119 e. The lowest BCUT2D eigenvalue weighted by atomic mass is 10.0. The lowest BCUT2D eigenvalue weighted by Gasteiger charge is -2.18. The van der Waals surface area contributed by atoms with Gasteiger partial charge in [-0.25, -0.2) is 0 Å². The molecule has 1 aromatic heterocycles. The number of benzene rings is 1. The molecule has 5 heteroatoms. The first-order valence-corrected chi connectivity index (χ1v) is 7.78. The molecule has 108 valence electrons. The topological polar surface area (TPSA) is 47.0 Å². The summed E-state index contributed by atoms with van der Waals surface area (Å²) < 4.78 is 9.54. The molecule has 0 amide bonds. The number of nitrogens with one attached hydrogen (secondary N) is 1. The summed E-state index contributed by atoms with van der Waals surface area (Å²) in [5.41, 5.74) is 2.22. The van der Waals surface area contributed by atoms with Gasteiger partial charge in [0.15, 0.2) is 0 Å². The maximum absolute atomic E-state index is 5.49. The van der Waals surface area contributed by atoms with Crippen LogP contribution in [0.1, 0.15) is 42.4 Å². The predicted molar refractivity (Wildman–Crippen MR) is 82.4 cm³/mol. The van der Waals surface area contributed by atoms with E-state index in [-0.39, 0.29) is 6.04 Å². The minimum absolute atomic E-state index is 0.158. The first kappa shape index (κ1) is 14.9. The van der Waals surface area contributed by atoms with Crippen molar-refractivity contribution in [2.45, 2.75) is 33.2 Å². The average Bonchev–Trinajstić information content (AvgIpc) is 2.88. The van der Waals surface area contributed by atoms with Gasteiger partial charge in [-0.15, -0.1) is 5.10 Å². The highest BCUT2D eigenvalue weighted by Crippen LogP contribution is 2.28. The normalized spacial score (nSPS) is 12.3. The van der Waals surface area contributed by atoms with Crippen LogP contribution in [0.2, 0.25) is 0 Å². The fourth-order valence-corrected chi connectivity index (χ4v) is 2.83. The van der Waals surface area contributed by atoms with Crippen LogP contribution in [0.25, 0.3) is 0 Å². The minimum atomic E-state index is 0.158. The van der Waals surface area contributed by atoms with E-state index in [9.17, 15) is 0 Å². The zero-order valence-corrected chi connectivity index (χ0v) is 13.0. The van der Waals surface area contributed by atoms with Crippen molar-refractivity contribution in [1.29, 1.82) is 0 Å². The molecule has 0 aliphatic heterocycles. The molecule has 1 heterocycles. The summed E-state index contributed by atoms with van der Waals surface area (Å²) in [7, 11) is 0. The quantitative estimate of drug-likeness (QED) is 0.850. The monoisotopic (exact) mass is 291 g/mol. The summed E-state index contributed by atoms with van der Waals surface area (Å²) in [5.74, 6) is 0.907. The van der Waals surface area contributed by atoms with Gasteiger partial charge in [-0.2, -0.15) is 0 Å². The van der Waals surface area contributed by atoms with E-state index in [1.807, 2.05) is 26.0 Å². The van der Waals surface area contributed by atoms with Gasteiger partial charge in [0.2, 0.25) is 0 Å². The lowest BCUT2D eigenvalue weighted by Crippen LogP contribution is -2.23. The SMILES string of the molecule is CCCNC(c1ccc(OCC)cc1)c1snnc1C. The van der Waals surface area contributed by atoms with Gasteiger partial charge >= 0.3 is 0 Å². The zero-order valence-electron chi connectivity index (χ0n) is 12.2. The molecule has 0 saturated heterocycles. The van der Waals surface area contributed by atoms with E-state index < -0.39 is 0 Å². The second-order valence-corrected chi connectivity index (χ2v) is 5.40. The van der Waals surface area contributed by atoms with E-state index >= 15 is 0 Å². The van der Waals surface area contributed by atoms with Crippen molar-refractivity contribution in [3.8, 4) is 5.75 Å². The average molecular weight is 291 g/mol. The first-order valence-electron chi connectivity index (χ1n) is 7.01. The van der Waals surface area contributed by atoms with Crippen LogP contribution in [0.15, 0.2) is 24.3 Å². The third-order valence-corrected chi connectivity index (χ3v) is 3.96. The Kier molecular flexibility index (Phi) is 5.49. The van der Waals surface area contributed by atoms with Crippen LogP contribution in [0.5, 0.6) is 5.75 Å². The Morgan fingerprint density at radius 3 is 2.55 bits per heavy atom. The Hall–Kier alpha value is -1.46. The van der Waals surface area contributed by atoms with Gasteiger partial charge in [0.05, 0.1) is 23.2 Å². The minimum Gasteiger partial charge on any atom is -0.494 e. The highest BCUT2D eigenvalue weighted by atomic mass is 32.1. The van der Waals surface area contributed by atoms with E-state index in [4.69, 9.17) is 4.74 Å². The molecular formula is C15H21N3OS. The van der Waals surface area contributed by atoms with Crippen molar-refractivity contribution < 1.29 is 4.74 Å². The number of ether oxygens (including phenoxy) is 1. The maximum atomic E-state index is 5.49. The molecule has 4 nitrogen and oxygen atoms in total. The van der Waals surface area contributed by atoms with Crippen LogP contribution in [-0.2, 0) is 0 Å². The van der Waals surface area contributed by atoms with Crippen LogP contribution in [0.4, 0.5) is 0 Å². The molecule has 1 atom stereocenters. The first-order chi connectivity index (χ1) is 9.76. The number of aromatic nitrogens is 2. The number of nitrogens with zero attached hydrogens (tertiary/aromatic N) is 2. The third-order valence-electron chi connectivity index (χ3n) is 3.07. The van der Waals surface area contributed by atoms with Crippen LogP contribution in [0, 0.1) is 6.92 Å². The van der Waals surface area contributed by atoms with E-state index in [2.05, 4.69) is 34.0 Å². The van der Waals surface area contributed by atoms with Crippen molar-refractivity contribution >= 4 is 11.5 Å². The highest BCUT2D eigenvalue weighted by Gasteiger charge is 2.18. The van der Waals surface area contributed by atoms with E-state index in [0.29, 0.717) is 6.61 Å². The van der Waals surface area contributed by atoms with Crippen LogP contribution in [-0.4, -0.2) is 22.7 Å². The number of aryl methyl sites for hydroxylation is 1. The van der Waals surface area contributed by atoms with Crippen molar-refractivity contribution in [2.24, 2.45) is 0 Å².